The van der Waals surface area contributed by atoms with Crippen molar-refractivity contribution < 1.29 is 18.8 Å². The van der Waals surface area contributed by atoms with E-state index in [1.54, 1.807) is 6.33 Å². The van der Waals surface area contributed by atoms with Crippen LogP contribution in [0.15, 0.2) is 83.8 Å². The van der Waals surface area contributed by atoms with Gasteiger partial charge in [-0.1, -0.05) is 35.0 Å². The van der Waals surface area contributed by atoms with Crippen molar-refractivity contribution in [3.63, 3.8) is 0 Å². The standard InChI is InChI=1S/C27H22N6O4/c1-17-2-7-20(8-3-17)29-27(34)30-21-9-4-18(5-10-21)13-33-14-22(28-15-33)26-31-25(32-37-26)19-6-11-23-24(12-19)36-16-35-23/h2-12,14-15H,13,16H2,1H3,(H2,29,30,34). The molecule has 0 fully saturated rings. The summed E-state index contributed by atoms with van der Waals surface area (Å²) in [5.41, 5.74) is 4.95. The minimum absolute atomic E-state index is 0.205. The van der Waals surface area contributed by atoms with Crippen LogP contribution < -0.4 is 20.1 Å². The molecule has 3 aromatic carbocycles. The van der Waals surface area contributed by atoms with E-state index in [4.69, 9.17) is 14.0 Å². The summed E-state index contributed by atoms with van der Waals surface area (Å²) in [4.78, 5) is 21.1. The van der Waals surface area contributed by atoms with Crippen molar-refractivity contribution in [2.45, 2.75) is 13.5 Å². The molecule has 0 unspecified atom stereocenters. The molecule has 0 bridgehead atoms. The molecule has 6 rings (SSSR count). The Bertz CT molecular complexity index is 1560. The summed E-state index contributed by atoms with van der Waals surface area (Å²) in [7, 11) is 0. The number of benzene rings is 3. The van der Waals surface area contributed by atoms with Crippen molar-refractivity contribution in [1.29, 1.82) is 0 Å². The van der Waals surface area contributed by atoms with Crippen molar-refractivity contribution in [3.8, 4) is 34.5 Å². The number of ether oxygens (including phenoxy) is 2. The zero-order valence-electron chi connectivity index (χ0n) is 19.8. The molecule has 0 spiro atoms. The highest BCUT2D eigenvalue weighted by molar-refractivity contribution is 5.99. The number of anilines is 2. The smallest absolute Gasteiger partial charge is 0.323 e. The zero-order valence-corrected chi connectivity index (χ0v) is 19.8. The van der Waals surface area contributed by atoms with Crippen LogP contribution in [0.5, 0.6) is 11.5 Å². The molecular weight excluding hydrogens is 472 g/mol. The molecule has 0 saturated heterocycles. The van der Waals surface area contributed by atoms with Gasteiger partial charge in [-0.3, -0.25) is 0 Å². The van der Waals surface area contributed by atoms with E-state index in [0.717, 1.165) is 22.4 Å². The number of nitrogens with zero attached hydrogens (tertiary/aromatic N) is 4. The number of aromatic nitrogens is 4. The van der Waals surface area contributed by atoms with Gasteiger partial charge in [-0.05, 0) is 55.0 Å². The van der Waals surface area contributed by atoms with Crippen molar-refractivity contribution in [3.05, 3.63) is 90.4 Å². The molecular formula is C27H22N6O4. The second-order valence-electron chi connectivity index (χ2n) is 8.56. The maximum absolute atomic E-state index is 12.3. The highest BCUT2D eigenvalue weighted by Crippen LogP contribution is 2.35. The van der Waals surface area contributed by atoms with Crippen molar-refractivity contribution >= 4 is 17.4 Å². The average molecular weight is 495 g/mol. The summed E-state index contributed by atoms with van der Waals surface area (Å²) in [6.45, 7) is 2.79. The Hall–Kier alpha value is -5.12. The number of rotatable bonds is 6. The van der Waals surface area contributed by atoms with E-state index >= 15 is 0 Å². The lowest BCUT2D eigenvalue weighted by Crippen LogP contribution is -2.19. The Labute approximate surface area is 211 Å². The monoisotopic (exact) mass is 494 g/mol. The fourth-order valence-electron chi connectivity index (χ4n) is 3.87. The van der Waals surface area contributed by atoms with Gasteiger partial charge in [0.05, 0.1) is 6.33 Å². The third-order valence-corrected chi connectivity index (χ3v) is 5.80. The molecule has 0 saturated carbocycles. The molecule has 184 valence electrons. The van der Waals surface area contributed by atoms with E-state index in [0.29, 0.717) is 41.1 Å². The van der Waals surface area contributed by atoms with Crippen LogP contribution in [0.4, 0.5) is 16.2 Å². The third-order valence-electron chi connectivity index (χ3n) is 5.80. The van der Waals surface area contributed by atoms with E-state index < -0.39 is 0 Å². The van der Waals surface area contributed by atoms with E-state index in [9.17, 15) is 4.79 Å². The molecule has 1 aliphatic heterocycles. The number of aryl methyl sites for hydroxylation is 1. The van der Waals surface area contributed by atoms with Gasteiger partial charge in [0, 0.05) is 29.7 Å². The average Bonchev–Trinajstić information content (AvgIpc) is 3.67. The fraction of sp³-hybridized carbons (Fsp3) is 0.111. The summed E-state index contributed by atoms with van der Waals surface area (Å²) in [6.07, 6.45) is 3.55. The number of carbonyl (C=O) groups excluding carboxylic acids is 1. The topological polar surface area (TPSA) is 116 Å². The molecule has 2 amide bonds. The first-order valence-corrected chi connectivity index (χ1v) is 11.6. The van der Waals surface area contributed by atoms with Gasteiger partial charge < -0.3 is 29.2 Å². The molecule has 10 heteroatoms. The SMILES string of the molecule is Cc1ccc(NC(=O)Nc2ccc(Cn3cnc(-c4nc(-c5ccc6c(c5)OCO6)no4)c3)cc2)cc1. The number of amides is 2. The molecule has 0 atom stereocenters. The van der Waals surface area contributed by atoms with Crippen LogP contribution in [-0.4, -0.2) is 32.5 Å². The maximum atomic E-state index is 12.3. The molecule has 1 aliphatic rings. The second-order valence-corrected chi connectivity index (χ2v) is 8.56. The minimum Gasteiger partial charge on any atom is -0.454 e. The van der Waals surface area contributed by atoms with Gasteiger partial charge in [-0.2, -0.15) is 4.98 Å². The number of hydrogen-bond donors (Lipinski definition) is 2. The molecule has 10 nitrogen and oxygen atoms in total. The number of urea groups is 1. The van der Waals surface area contributed by atoms with Gasteiger partial charge in [-0.25, -0.2) is 9.78 Å². The van der Waals surface area contributed by atoms with Gasteiger partial charge in [0.25, 0.3) is 5.89 Å². The van der Waals surface area contributed by atoms with Crippen LogP contribution >= 0.6 is 0 Å². The summed E-state index contributed by atoms with van der Waals surface area (Å²) in [5.74, 6) is 2.12. The van der Waals surface area contributed by atoms with Crippen LogP contribution in [0.1, 0.15) is 11.1 Å². The fourth-order valence-corrected chi connectivity index (χ4v) is 3.87. The molecule has 0 radical (unpaired) electrons. The predicted molar refractivity (Wildman–Crippen MR) is 136 cm³/mol. The number of hydrogen-bond acceptors (Lipinski definition) is 7. The lowest BCUT2D eigenvalue weighted by atomic mass is 10.2. The highest BCUT2D eigenvalue weighted by Gasteiger charge is 2.18. The lowest BCUT2D eigenvalue weighted by molar-refractivity contribution is 0.174. The van der Waals surface area contributed by atoms with Crippen LogP contribution in [0.3, 0.4) is 0 Å². The van der Waals surface area contributed by atoms with E-state index in [1.165, 1.54) is 0 Å². The molecule has 37 heavy (non-hydrogen) atoms. The Morgan fingerprint density at radius 1 is 0.946 bits per heavy atom. The van der Waals surface area contributed by atoms with Crippen LogP contribution in [0.2, 0.25) is 0 Å². The molecule has 2 N–H and O–H groups in total. The van der Waals surface area contributed by atoms with Gasteiger partial charge in [-0.15, -0.1) is 0 Å². The first-order valence-electron chi connectivity index (χ1n) is 11.6. The number of nitrogens with one attached hydrogen (secondary N) is 2. The number of imidazole rings is 1. The molecule has 0 aliphatic carbocycles. The first-order chi connectivity index (χ1) is 18.1. The molecule has 2 aromatic heterocycles. The predicted octanol–water partition coefficient (Wildman–Crippen LogP) is 5.33. The van der Waals surface area contributed by atoms with Gasteiger partial charge in [0.15, 0.2) is 11.5 Å². The highest BCUT2D eigenvalue weighted by atomic mass is 16.7. The van der Waals surface area contributed by atoms with Gasteiger partial charge in [0.2, 0.25) is 12.6 Å². The Morgan fingerprint density at radius 3 is 2.46 bits per heavy atom. The summed E-state index contributed by atoms with van der Waals surface area (Å²) >= 11 is 0. The van der Waals surface area contributed by atoms with E-state index in [1.807, 2.05) is 84.4 Å². The van der Waals surface area contributed by atoms with Crippen LogP contribution in [-0.2, 0) is 6.54 Å². The van der Waals surface area contributed by atoms with E-state index in [-0.39, 0.29) is 12.8 Å². The zero-order chi connectivity index (χ0) is 25.2. The van der Waals surface area contributed by atoms with Crippen molar-refractivity contribution in [2.24, 2.45) is 0 Å². The summed E-state index contributed by atoms with van der Waals surface area (Å²) in [6, 6.07) is 20.4. The maximum Gasteiger partial charge on any atom is 0.323 e. The van der Waals surface area contributed by atoms with Crippen LogP contribution in [0, 0.1) is 6.92 Å². The first kappa shape index (κ1) is 22.4. The quantitative estimate of drug-likeness (QED) is 0.328. The summed E-state index contributed by atoms with van der Waals surface area (Å²) < 4.78 is 18.1. The molecule has 3 heterocycles. The third kappa shape index (κ3) is 4.98. The Morgan fingerprint density at radius 2 is 1.68 bits per heavy atom. The second kappa shape index (κ2) is 9.50. The van der Waals surface area contributed by atoms with E-state index in [2.05, 4.69) is 25.8 Å². The largest absolute Gasteiger partial charge is 0.454 e. The molecule has 5 aromatic rings. The van der Waals surface area contributed by atoms with Crippen molar-refractivity contribution in [2.75, 3.05) is 17.4 Å². The Balaban J connectivity index is 1.07. The number of carbonyl (C=O) groups is 1. The Kier molecular flexibility index (Phi) is 5.74. The minimum atomic E-state index is -0.296. The van der Waals surface area contributed by atoms with Gasteiger partial charge >= 0.3 is 6.03 Å². The van der Waals surface area contributed by atoms with Gasteiger partial charge in [0.1, 0.15) is 5.69 Å². The van der Waals surface area contributed by atoms with Crippen LogP contribution in [0.25, 0.3) is 23.0 Å². The van der Waals surface area contributed by atoms with Crippen molar-refractivity contribution in [1.82, 2.24) is 19.7 Å². The normalized spacial score (nSPS) is 11.9. The number of fused-ring (bicyclic) bond motifs is 1. The lowest BCUT2D eigenvalue weighted by Gasteiger charge is -2.09. The summed E-state index contributed by atoms with van der Waals surface area (Å²) in [5, 5.41) is 9.73.